The summed E-state index contributed by atoms with van der Waals surface area (Å²) < 4.78 is 4.85. The molecule has 0 atom stereocenters. The Morgan fingerprint density at radius 1 is 0.964 bits per heavy atom. The summed E-state index contributed by atoms with van der Waals surface area (Å²) in [5.74, 6) is -0.325. The summed E-state index contributed by atoms with van der Waals surface area (Å²) in [5.41, 5.74) is 0.965. The number of ketones is 1. The molecule has 2 aliphatic heterocycles. The van der Waals surface area contributed by atoms with Gasteiger partial charge in [-0.3, -0.25) is 4.79 Å². The lowest BCUT2D eigenvalue weighted by Crippen LogP contribution is -2.31. The molecule has 0 unspecified atom stereocenters. The first-order valence-electron chi connectivity index (χ1n) is 9.29. The van der Waals surface area contributed by atoms with Crippen LogP contribution in [0.2, 0.25) is 0 Å². The second kappa shape index (κ2) is 11.8. The van der Waals surface area contributed by atoms with Crippen LogP contribution in [0.5, 0.6) is 0 Å². The van der Waals surface area contributed by atoms with Crippen LogP contribution in [0.15, 0.2) is 24.3 Å². The number of nitrogens with zero attached hydrogens (tertiary/aromatic N) is 2. The third kappa shape index (κ3) is 8.24. The van der Waals surface area contributed by atoms with E-state index in [9.17, 15) is 19.2 Å². The molecular weight excluding hydrogens is 364 g/mol. The SMILES string of the molecule is C=C(C)C(=O)CCCN1CCNC1=O.C=C(C)C(=O)OCCN1CCNC1=O. The lowest BCUT2D eigenvalue weighted by Gasteiger charge is -2.13. The van der Waals surface area contributed by atoms with E-state index in [2.05, 4.69) is 23.8 Å². The number of Topliss-reactive ketones (excluding diaryl/α,β-unsaturated/α-hetero) is 1. The Bertz CT molecular complexity index is 578. The average Bonchev–Trinajstić information content (AvgIpc) is 3.23. The van der Waals surface area contributed by atoms with Crippen LogP contribution in [-0.4, -0.2) is 79.5 Å². The van der Waals surface area contributed by atoms with Gasteiger partial charge in [-0.05, 0) is 25.8 Å². The summed E-state index contributed by atoms with van der Waals surface area (Å²) in [6.07, 6.45) is 1.21. The molecule has 28 heavy (non-hydrogen) atoms. The van der Waals surface area contributed by atoms with Gasteiger partial charge in [0.25, 0.3) is 0 Å². The molecule has 0 saturated carbocycles. The minimum absolute atomic E-state index is 0.0206. The number of carbonyl (C=O) groups is 4. The number of hydrogen-bond acceptors (Lipinski definition) is 5. The van der Waals surface area contributed by atoms with Gasteiger partial charge >= 0.3 is 18.0 Å². The molecule has 2 rings (SSSR count). The third-order valence-corrected chi connectivity index (χ3v) is 4.14. The molecule has 156 valence electrons. The Morgan fingerprint density at radius 2 is 1.50 bits per heavy atom. The molecule has 0 bridgehead atoms. The largest absolute Gasteiger partial charge is 0.460 e. The fraction of sp³-hybridized carbons (Fsp3) is 0.579. The smallest absolute Gasteiger partial charge is 0.333 e. The molecule has 9 nitrogen and oxygen atoms in total. The summed E-state index contributed by atoms with van der Waals surface area (Å²) in [6.45, 7) is 14.4. The van der Waals surface area contributed by atoms with E-state index >= 15 is 0 Å². The van der Waals surface area contributed by atoms with Crippen molar-refractivity contribution in [2.45, 2.75) is 26.7 Å². The number of nitrogens with one attached hydrogen (secondary N) is 2. The number of rotatable bonds is 9. The van der Waals surface area contributed by atoms with E-state index in [1.165, 1.54) is 0 Å². The van der Waals surface area contributed by atoms with Gasteiger partial charge in [-0.1, -0.05) is 13.2 Å². The van der Waals surface area contributed by atoms with Crippen LogP contribution in [0.3, 0.4) is 0 Å². The minimum atomic E-state index is -0.412. The maximum Gasteiger partial charge on any atom is 0.333 e. The molecule has 0 radical (unpaired) electrons. The number of urea groups is 2. The standard InChI is InChI=1S/C10H16N2O2.C9H14N2O3/c1-8(2)9(13)4-3-6-12-7-5-11-10(12)14;1-7(2)8(12)14-6-5-11-4-3-10-9(11)13/h1,3-7H2,2H3,(H,11,14);1,3-6H2,2H3,(H,10,13). The highest BCUT2D eigenvalue weighted by Crippen LogP contribution is 2.03. The van der Waals surface area contributed by atoms with Crippen LogP contribution in [-0.2, 0) is 14.3 Å². The average molecular weight is 394 g/mol. The highest BCUT2D eigenvalue weighted by Gasteiger charge is 2.19. The second-order valence-corrected chi connectivity index (χ2v) is 6.66. The van der Waals surface area contributed by atoms with E-state index < -0.39 is 5.97 Å². The Hall–Kier alpha value is -2.84. The van der Waals surface area contributed by atoms with Crippen molar-refractivity contribution >= 4 is 23.8 Å². The lowest BCUT2D eigenvalue weighted by molar-refractivity contribution is -0.139. The van der Waals surface area contributed by atoms with Crippen molar-refractivity contribution in [3.05, 3.63) is 24.3 Å². The van der Waals surface area contributed by atoms with Crippen LogP contribution in [0.4, 0.5) is 9.59 Å². The molecule has 4 amide bonds. The normalized spacial score (nSPS) is 15.4. The van der Waals surface area contributed by atoms with Gasteiger partial charge in [0, 0.05) is 44.7 Å². The zero-order valence-corrected chi connectivity index (χ0v) is 16.7. The Kier molecular flexibility index (Phi) is 9.76. The Balaban J connectivity index is 0.000000280. The quantitative estimate of drug-likeness (QED) is 0.449. The number of allylic oxidation sites excluding steroid dienone is 1. The van der Waals surface area contributed by atoms with Crippen molar-refractivity contribution in [2.24, 2.45) is 0 Å². The summed E-state index contributed by atoms with van der Waals surface area (Å²) in [5, 5.41) is 5.37. The number of carbonyl (C=O) groups excluding carboxylic acids is 4. The van der Waals surface area contributed by atoms with Crippen molar-refractivity contribution < 1.29 is 23.9 Å². The lowest BCUT2D eigenvalue weighted by atomic mass is 10.1. The molecule has 0 aromatic rings. The van der Waals surface area contributed by atoms with Crippen LogP contribution in [0.1, 0.15) is 26.7 Å². The van der Waals surface area contributed by atoms with Gasteiger partial charge in [-0.15, -0.1) is 0 Å². The van der Waals surface area contributed by atoms with E-state index in [-0.39, 0.29) is 24.5 Å². The molecule has 2 N–H and O–H groups in total. The zero-order chi connectivity index (χ0) is 21.1. The first kappa shape index (κ1) is 23.2. The van der Waals surface area contributed by atoms with E-state index in [1.54, 1.807) is 23.6 Å². The van der Waals surface area contributed by atoms with Gasteiger partial charge < -0.3 is 25.2 Å². The first-order valence-corrected chi connectivity index (χ1v) is 9.29. The maximum atomic E-state index is 11.2. The fourth-order valence-electron chi connectivity index (χ4n) is 2.46. The van der Waals surface area contributed by atoms with Crippen LogP contribution < -0.4 is 10.6 Å². The summed E-state index contributed by atoms with van der Waals surface area (Å²) in [7, 11) is 0. The molecule has 9 heteroatoms. The van der Waals surface area contributed by atoms with E-state index in [0.29, 0.717) is 50.3 Å². The van der Waals surface area contributed by atoms with Crippen LogP contribution in [0, 0.1) is 0 Å². The van der Waals surface area contributed by atoms with Gasteiger partial charge in [-0.25, -0.2) is 14.4 Å². The fourth-order valence-corrected chi connectivity index (χ4v) is 2.46. The molecule has 2 aliphatic rings. The first-order chi connectivity index (χ1) is 13.2. The number of hydrogen-bond donors (Lipinski definition) is 2. The summed E-state index contributed by atoms with van der Waals surface area (Å²) in [6, 6.07) is -0.121. The van der Waals surface area contributed by atoms with Crippen molar-refractivity contribution in [1.82, 2.24) is 20.4 Å². The van der Waals surface area contributed by atoms with Crippen molar-refractivity contribution in [1.29, 1.82) is 0 Å². The topological polar surface area (TPSA) is 108 Å². The minimum Gasteiger partial charge on any atom is -0.460 e. The Labute approximate surface area is 165 Å². The molecule has 2 fully saturated rings. The van der Waals surface area contributed by atoms with E-state index in [0.717, 1.165) is 13.0 Å². The van der Waals surface area contributed by atoms with E-state index in [4.69, 9.17) is 4.74 Å². The van der Waals surface area contributed by atoms with E-state index in [1.807, 2.05) is 0 Å². The zero-order valence-electron chi connectivity index (χ0n) is 16.7. The molecule has 2 heterocycles. The maximum absolute atomic E-state index is 11.2. The predicted molar refractivity (Wildman–Crippen MR) is 105 cm³/mol. The van der Waals surface area contributed by atoms with Gasteiger partial charge in [0.05, 0.1) is 6.54 Å². The summed E-state index contributed by atoms with van der Waals surface area (Å²) >= 11 is 0. The predicted octanol–water partition coefficient (Wildman–Crippen LogP) is 1.07. The summed E-state index contributed by atoms with van der Waals surface area (Å²) in [4.78, 5) is 47.6. The third-order valence-electron chi connectivity index (χ3n) is 4.14. The van der Waals surface area contributed by atoms with Gasteiger partial charge in [0.1, 0.15) is 6.61 Å². The highest BCUT2D eigenvalue weighted by atomic mass is 16.5. The van der Waals surface area contributed by atoms with Crippen LogP contribution in [0.25, 0.3) is 0 Å². The monoisotopic (exact) mass is 394 g/mol. The van der Waals surface area contributed by atoms with Crippen LogP contribution >= 0.6 is 0 Å². The number of esters is 1. The van der Waals surface area contributed by atoms with Crippen molar-refractivity contribution in [2.75, 3.05) is 45.9 Å². The highest BCUT2D eigenvalue weighted by molar-refractivity contribution is 5.94. The second-order valence-electron chi connectivity index (χ2n) is 6.66. The Morgan fingerprint density at radius 3 is 1.93 bits per heavy atom. The number of ether oxygens (including phenoxy) is 1. The van der Waals surface area contributed by atoms with Gasteiger partial charge in [-0.2, -0.15) is 0 Å². The van der Waals surface area contributed by atoms with Crippen molar-refractivity contribution in [3.63, 3.8) is 0 Å². The molecule has 0 spiro atoms. The van der Waals surface area contributed by atoms with Crippen molar-refractivity contribution in [3.8, 4) is 0 Å². The molecule has 2 saturated heterocycles. The van der Waals surface area contributed by atoms with Gasteiger partial charge in [0.2, 0.25) is 0 Å². The molecular formula is C19H30N4O5. The van der Waals surface area contributed by atoms with Gasteiger partial charge in [0.15, 0.2) is 5.78 Å². The molecule has 0 aromatic carbocycles. The molecule has 0 aromatic heterocycles. The number of amides is 4. The molecule has 0 aliphatic carbocycles.